The predicted molar refractivity (Wildman–Crippen MR) is 56.7 cm³/mol. The van der Waals surface area contributed by atoms with Gasteiger partial charge in [0.15, 0.2) is 0 Å². The van der Waals surface area contributed by atoms with Crippen molar-refractivity contribution in [3.05, 3.63) is 0 Å². The van der Waals surface area contributed by atoms with Crippen molar-refractivity contribution in [2.45, 2.75) is 27.7 Å². The first-order chi connectivity index (χ1) is 5.10. The van der Waals surface area contributed by atoms with E-state index in [0.717, 1.165) is 0 Å². The van der Waals surface area contributed by atoms with Gasteiger partial charge in [-0.1, -0.05) is 0 Å². The molecule has 0 aromatic rings. The Kier molecular flexibility index (Phi) is 3.72. The van der Waals surface area contributed by atoms with Crippen molar-refractivity contribution in [3.63, 3.8) is 0 Å². The fourth-order valence-corrected chi connectivity index (χ4v) is 5.92. The molecule has 0 unspecified atom stereocenters. The standard InChI is InChI=1S/C9H23O2P/c1-8(2)6-12(5,10,11)7-9(3)4/h8-11H,6-7H2,1-5H3. The molecule has 0 rings (SSSR count). The van der Waals surface area contributed by atoms with Crippen LogP contribution in [0, 0.1) is 11.8 Å². The van der Waals surface area contributed by atoms with Crippen molar-refractivity contribution >= 4 is 7.06 Å². The molecule has 0 aliphatic heterocycles. The molecule has 0 aliphatic rings. The van der Waals surface area contributed by atoms with E-state index in [0.29, 0.717) is 24.2 Å². The van der Waals surface area contributed by atoms with Crippen LogP contribution in [0.5, 0.6) is 0 Å². The minimum absolute atomic E-state index is 0.362. The molecule has 12 heavy (non-hydrogen) atoms. The van der Waals surface area contributed by atoms with Gasteiger partial charge in [0.25, 0.3) is 0 Å². The average molecular weight is 194 g/mol. The van der Waals surface area contributed by atoms with E-state index in [9.17, 15) is 9.79 Å². The van der Waals surface area contributed by atoms with Crippen LogP contribution in [0.2, 0.25) is 0 Å². The Morgan fingerprint density at radius 1 is 0.917 bits per heavy atom. The summed E-state index contributed by atoms with van der Waals surface area (Å²) in [7, 11) is -3.29. The summed E-state index contributed by atoms with van der Waals surface area (Å²) in [6, 6.07) is 0. The molecule has 0 bridgehead atoms. The third kappa shape index (κ3) is 5.93. The van der Waals surface area contributed by atoms with E-state index >= 15 is 0 Å². The Bertz CT molecular complexity index is 130. The van der Waals surface area contributed by atoms with Crippen LogP contribution in [0.15, 0.2) is 0 Å². The Morgan fingerprint density at radius 2 is 1.17 bits per heavy atom. The van der Waals surface area contributed by atoms with E-state index in [1.54, 1.807) is 6.66 Å². The second kappa shape index (κ2) is 3.61. The second-order valence-electron chi connectivity index (χ2n) is 5.06. The number of hydrogen-bond acceptors (Lipinski definition) is 2. The SMILES string of the molecule is CC(C)CP(C)(O)(O)CC(C)C. The molecular weight excluding hydrogens is 171 g/mol. The molecule has 76 valence electrons. The van der Waals surface area contributed by atoms with Crippen molar-refractivity contribution in [2.75, 3.05) is 19.0 Å². The Labute approximate surface area is 76.1 Å². The first-order valence-corrected chi connectivity index (χ1v) is 7.56. The zero-order valence-electron chi connectivity index (χ0n) is 8.91. The molecule has 0 aromatic heterocycles. The third-order valence-electron chi connectivity index (χ3n) is 1.68. The zero-order chi connectivity index (χ0) is 10.0. The van der Waals surface area contributed by atoms with Gasteiger partial charge in [-0.15, -0.1) is 0 Å². The number of hydrogen-bond donors (Lipinski definition) is 2. The summed E-state index contributed by atoms with van der Waals surface area (Å²) in [5.41, 5.74) is 0. The Balaban J connectivity index is 4.28. The summed E-state index contributed by atoms with van der Waals surface area (Å²) in [6.07, 6.45) is 1.12. The number of rotatable bonds is 4. The topological polar surface area (TPSA) is 40.5 Å². The van der Waals surface area contributed by atoms with Gasteiger partial charge in [0.2, 0.25) is 0 Å². The summed E-state index contributed by atoms with van der Waals surface area (Å²) in [5, 5.41) is 0. The first-order valence-electron chi connectivity index (χ1n) is 4.61. The quantitative estimate of drug-likeness (QED) is 0.674. The molecule has 0 atom stereocenters. The van der Waals surface area contributed by atoms with Crippen LogP contribution in [0.4, 0.5) is 0 Å². The monoisotopic (exact) mass is 194 g/mol. The molecule has 0 heterocycles. The van der Waals surface area contributed by atoms with Gasteiger partial charge in [-0.25, -0.2) is 0 Å². The van der Waals surface area contributed by atoms with Gasteiger partial charge in [0.05, 0.1) is 0 Å². The molecule has 2 nitrogen and oxygen atoms in total. The molecule has 0 spiro atoms. The predicted octanol–water partition coefficient (Wildman–Crippen LogP) is 2.30. The first kappa shape index (κ1) is 12.3. The van der Waals surface area contributed by atoms with E-state index < -0.39 is 7.06 Å². The normalized spacial score (nSPS) is 16.6. The van der Waals surface area contributed by atoms with Gasteiger partial charge in [0, 0.05) is 0 Å². The van der Waals surface area contributed by atoms with E-state index in [-0.39, 0.29) is 0 Å². The van der Waals surface area contributed by atoms with Gasteiger partial charge < -0.3 is 0 Å². The molecule has 0 radical (unpaired) electrons. The van der Waals surface area contributed by atoms with Crippen LogP contribution >= 0.6 is 7.06 Å². The van der Waals surface area contributed by atoms with E-state index in [1.807, 2.05) is 27.7 Å². The Hall–Kier alpha value is 0.350. The van der Waals surface area contributed by atoms with Crippen molar-refractivity contribution < 1.29 is 9.79 Å². The van der Waals surface area contributed by atoms with Crippen molar-refractivity contribution in [2.24, 2.45) is 11.8 Å². The van der Waals surface area contributed by atoms with Gasteiger partial charge in [-0.05, 0) is 0 Å². The summed E-state index contributed by atoms with van der Waals surface area (Å²) >= 11 is 0. The summed E-state index contributed by atoms with van der Waals surface area (Å²) < 4.78 is 0. The average Bonchev–Trinajstić information content (AvgIpc) is 1.49. The molecule has 2 N–H and O–H groups in total. The van der Waals surface area contributed by atoms with Gasteiger partial charge >= 0.3 is 75.4 Å². The maximum absolute atomic E-state index is 10.0. The van der Waals surface area contributed by atoms with E-state index in [4.69, 9.17) is 0 Å². The molecule has 0 saturated heterocycles. The van der Waals surface area contributed by atoms with Crippen LogP contribution in [0.1, 0.15) is 27.7 Å². The van der Waals surface area contributed by atoms with Crippen molar-refractivity contribution in [1.82, 2.24) is 0 Å². The summed E-state index contributed by atoms with van der Waals surface area (Å²) in [4.78, 5) is 20.0. The fraction of sp³-hybridized carbons (Fsp3) is 1.00. The van der Waals surface area contributed by atoms with Crippen LogP contribution < -0.4 is 0 Å². The second-order valence-corrected chi connectivity index (χ2v) is 9.62. The molecule has 0 saturated carbocycles. The van der Waals surface area contributed by atoms with Crippen LogP contribution in [0.25, 0.3) is 0 Å². The van der Waals surface area contributed by atoms with Crippen LogP contribution in [-0.2, 0) is 0 Å². The summed E-state index contributed by atoms with van der Waals surface area (Å²) in [5.74, 6) is 0.725. The van der Waals surface area contributed by atoms with Crippen LogP contribution in [-0.4, -0.2) is 28.8 Å². The molecule has 0 amide bonds. The third-order valence-corrected chi connectivity index (χ3v) is 5.04. The van der Waals surface area contributed by atoms with E-state index in [1.165, 1.54) is 0 Å². The van der Waals surface area contributed by atoms with Crippen molar-refractivity contribution in [3.8, 4) is 0 Å². The van der Waals surface area contributed by atoms with Gasteiger partial charge in [0.1, 0.15) is 0 Å². The molecule has 0 aliphatic carbocycles. The fourth-order valence-electron chi connectivity index (χ4n) is 1.97. The Morgan fingerprint density at radius 3 is 1.33 bits per heavy atom. The zero-order valence-corrected chi connectivity index (χ0v) is 9.80. The van der Waals surface area contributed by atoms with Crippen molar-refractivity contribution in [1.29, 1.82) is 0 Å². The molecular formula is C9H23O2P. The van der Waals surface area contributed by atoms with E-state index in [2.05, 4.69) is 0 Å². The summed E-state index contributed by atoms with van der Waals surface area (Å²) in [6.45, 7) is 9.75. The van der Waals surface area contributed by atoms with Gasteiger partial charge in [-0.3, -0.25) is 0 Å². The van der Waals surface area contributed by atoms with Crippen LogP contribution in [0.3, 0.4) is 0 Å². The van der Waals surface area contributed by atoms with Gasteiger partial charge in [-0.2, -0.15) is 0 Å². The molecule has 0 aromatic carbocycles. The molecule has 3 heteroatoms. The maximum atomic E-state index is 10.0. The minimum atomic E-state index is -3.29. The molecule has 0 fully saturated rings.